The minimum absolute atomic E-state index is 0.0431. The molecule has 0 saturated carbocycles. The highest BCUT2D eigenvalue weighted by atomic mass is 16.2. The first kappa shape index (κ1) is 18.0. The van der Waals surface area contributed by atoms with Crippen molar-refractivity contribution in [3.8, 4) is 0 Å². The van der Waals surface area contributed by atoms with E-state index in [1.165, 1.54) is 5.56 Å². The molecule has 0 bridgehead atoms. The van der Waals surface area contributed by atoms with Gasteiger partial charge in [-0.05, 0) is 42.7 Å². The highest BCUT2D eigenvalue weighted by Crippen LogP contribution is 2.26. The van der Waals surface area contributed by atoms with Crippen molar-refractivity contribution in [2.75, 3.05) is 28.6 Å². The Morgan fingerprint density at radius 3 is 2.54 bits per heavy atom. The number of hydrogen-bond donors (Lipinski definition) is 2. The number of hydrogen-bond acceptors (Lipinski definition) is 3. The van der Waals surface area contributed by atoms with E-state index < -0.39 is 0 Å². The van der Waals surface area contributed by atoms with E-state index in [1.54, 1.807) is 6.07 Å². The highest BCUT2D eigenvalue weighted by molar-refractivity contribution is 5.96. The van der Waals surface area contributed by atoms with Gasteiger partial charge in [0.05, 0.1) is 6.54 Å². The summed E-state index contributed by atoms with van der Waals surface area (Å²) in [4.78, 5) is 26.4. The van der Waals surface area contributed by atoms with Crippen LogP contribution in [0.3, 0.4) is 0 Å². The van der Waals surface area contributed by atoms with Gasteiger partial charge in [-0.2, -0.15) is 0 Å². The zero-order valence-corrected chi connectivity index (χ0v) is 15.3. The standard InChI is InChI=1S/C21H25N3O2/c1-15(2)21(26)23-18-10-5-9-17(13-18)22-20(25)14-24-12-6-8-16-7-3-4-11-19(16)24/h3-5,7,9-11,13,15H,6,8,12,14H2,1-2H3,(H,22,25)(H,23,26). The number of fused-ring (bicyclic) bond motifs is 1. The summed E-state index contributed by atoms with van der Waals surface area (Å²) in [5, 5.41) is 5.78. The molecule has 26 heavy (non-hydrogen) atoms. The van der Waals surface area contributed by atoms with Gasteiger partial charge in [0, 0.05) is 29.5 Å². The van der Waals surface area contributed by atoms with Crippen LogP contribution in [0.15, 0.2) is 48.5 Å². The second-order valence-corrected chi connectivity index (χ2v) is 6.93. The lowest BCUT2D eigenvalue weighted by Gasteiger charge is -2.30. The molecule has 0 aliphatic carbocycles. The predicted molar refractivity (Wildman–Crippen MR) is 106 cm³/mol. The van der Waals surface area contributed by atoms with Gasteiger partial charge < -0.3 is 15.5 Å². The summed E-state index contributed by atoms with van der Waals surface area (Å²) < 4.78 is 0. The van der Waals surface area contributed by atoms with E-state index in [0.29, 0.717) is 17.9 Å². The third kappa shape index (κ3) is 4.42. The maximum atomic E-state index is 12.5. The number of anilines is 3. The van der Waals surface area contributed by atoms with Crippen molar-refractivity contribution in [2.45, 2.75) is 26.7 Å². The van der Waals surface area contributed by atoms with E-state index in [9.17, 15) is 9.59 Å². The smallest absolute Gasteiger partial charge is 0.243 e. The van der Waals surface area contributed by atoms with E-state index in [4.69, 9.17) is 0 Å². The maximum absolute atomic E-state index is 12.5. The third-order valence-electron chi connectivity index (χ3n) is 4.48. The average Bonchev–Trinajstić information content (AvgIpc) is 2.62. The number of carbonyl (C=O) groups is 2. The molecular weight excluding hydrogens is 326 g/mol. The quantitative estimate of drug-likeness (QED) is 0.864. The van der Waals surface area contributed by atoms with Gasteiger partial charge in [-0.25, -0.2) is 0 Å². The maximum Gasteiger partial charge on any atom is 0.243 e. The largest absolute Gasteiger partial charge is 0.362 e. The van der Waals surface area contributed by atoms with Crippen molar-refractivity contribution in [2.24, 2.45) is 5.92 Å². The number of amides is 2. The van der Waals surface area contributed by atoms with Crippen LogP contribution in [0, 0.1) is 5.92 Å². The summed E-state index contributed by atoms with van der Waals surface area (Å²) in [7, 11) is 0. The Morgan fingerprint density at radius 2 is 1.77 bits per heavy atom. The fourth-order valence-electron chi connectivity index (χ4n) is 3.11. The van der Waals surface area contributed by atoms with Crippen LogP contribution in [0.25, 0.3) is 0 Å². The van der Waals surface area contributed by atoms with Crippen molar-refractivity contribution >= 4 is 28.9 Å². The molecular formula is C21H25N3O2. The van der Waals surface area contributed by atoms with Crippen LogP contribution in [-0.4, -0.2) is 24.9 Å². The molecule has 136 valence electrons. The second kappa shape index (κ2) is 8.04. The Bertz CT molecular complexity index is 801. The fraction of sp³-hybridized carbons (Fsp3) is 0.333. The van der Waals surface area contributed by atoms with Gasteiger partial charge in [0.2, 0.25) is 11.8 Å². The molecule has 0 aromatic heterocycles. The van der Waals surface area contributed by atoms with Crippen LogP contribution in [0.1, 0.15) is 25.8 Å². The Labute approximate surface area is 154 Å². The molecule has 5 nitrogen and oxygen atoms in total. The lowest BCUT2D eigenvalue weighted by Crippen LogP contribution is -2.36. The van der Waals surface area contributed by atoms with Gasteiger partial charge in [-0.1, -0.05) is 38.1 Å². The lowest BCUT2D eigenvalue weighted by atomic mass is 10.0. The monoisotopic (exact) mass is 351 g/mol. The molecule has 0 atom stereocenters. The number of carbonyl (C=O) groups excluding carboxylic acids is 2. The average molecular weight is 351 g/mol. The van der Waals surface area contributed by atoms with Crippen LogP contribution < -0.4 is 15.5 Å². The predicted octanol–water partition coefficient (Wildman–Crippen LogP) is 3.67. The number of aryl methyl sites for hydroxylation is 1. The first-order chi connectivity index (χ1) is 12.5. The molecule has 0 fully saturated rings. The highest BCUT2D eigenvalue weighted by Gasteiger charge is 2.18. The van der Waals surface area contributed by atoms with E-state index in [0.717, 1.165) is 25.1 Å². The Balaban J connectivity index is 1.63. The minimum Gasteiger partial charge on any atom is -0.362 e. The lowest BCUT2D eigenvalue weighted by molar-refractivity contribution is -0.119. The number of rotatable bonds is 5. The summed E-state index contributed by atoms with van der Waals surface area (Å²) >= 11 is 0. The van der Waals surface area contributed by atoms with Gasteiger partial charge in [-0.3, -0.25) is 9.59 Å². The normalized spacial score (nSPS) is 13.3. The molecule has 2 amide bonds. The summed E-state index contributed by atoms with van der Waals surface area (Å²) in [5.41, 5.74) is 3.81. The Kier molecular flexibility index (Phi) is 5.56. The van der Waals surface area contributed by atoms with Crippen LogP contribution in [0.2, 0.25) is 0 Å². The van der Waals surface area contributed by atoms with Crippen molar-refractivity contribution in [3.05, 3.63) is 54.1 Å². The van der Waals surface area contributed by atoms with E-state index >= 15 is 0 Å². The van der Waals surface area contributed by atoms with Gasteiger partial charge in [0.1, 0.15) is 0 Å². The second-order valence-electron chi connectivity index (χ2n) is 6.93. The summed E-state index contributed by atoms with van der Waals surface area (Å²) in [6, 6.07) is 15.5. The van der Waals surface area contributed by atoms with Crippen LogP contribution in [0.4, 0.5) is 17.1 Å². The van der Waals surface area contributed by atoms with Crippen LogP contribution >= 0.6 is 0 Å². The van der Waals surface area contributed by atoms with Crippen molar-refractivity contribution < 1.29 is 9.59 Å². The van der Waals surface area contributed by atoms with Crippen molar-refractivity contribution in [1.29, 1.82) is 0 Å². The van der Waals surface area contributed by atoms with Gasteiger partial charge in [0.15, 0.2) is 0 Å². The zero-order chi connectivity index (χ0) is 18.5. The number of benzene rings is 2. The molecule has 0 spiro atoms. The van der Waals surface area contributed by atoms with E-state index in [2.05, 4.69) is 27.7 Å². The van der Waals surface area contributed by atoms with Gasteiger partial charge in [0.25, 0.3) is 0 Å². The molecule has 1 aliphatic heterocycles. The summed E-state index contributed by atoms with van der Waals surface area (Å²) in [5.74, 6) is -0.195. The van der Waals surface area contributed by atoms with Crippen LogP contribution in [-0.2, 0) is 16.0 Å². The van der Waals surface area contributed by atoms with Gasteiger partial charge in [-0.15, -0.1) is 0 Å². The molecule has 0 unspecified atom stereocenters. The number of nitrogens with one attached hydrogen (secondary N) is 2. The first-order valence-corrected chi connectivity index (χ1v) is 9.06. The van der Waals surface area contributed by atoms with E-state index in [1.807, 2.05) is 44.2 Å². The molecule has 3 rings (SSSR count). The molecule has 2 aromatic carbocycles. The SMILES string of the molecule is CC(C)C(=O)Nc1cccc(NC(=O)CN2CCCc3ccccc32)c1. The fourth-order valence-corrected chi connectivity index (χ4v) is 3.11. The Morgan fingerprint density at radius 1 is 1.04 bits per heavy atom. The topological polar surface area (TPSA) is 61.4 Å². The van der Waals surface area contributed by atoms with Crippen molar-refractivity contribution in [3.63, 3.8) is 0 Å². The molecule has 2 N–H and O–H groups in total. The summed E-state index contributed by atoms with van der Waals surface area (Å²) in [6.45, 7) is 4.89. The zero-order valence-electron chi connectivity index (χ0n) is 15.3. The van der Waals surface area contributed by atoms with Crippen molar-refractivity contribution in [1.82, 2.24) is 0 Å². The number of nitrogens with zero attached hydrogens (tertiary/aromatic N) is 1. The molecule has 1 heterocycles. The first-order valence-electron chi connectivity index (χ1n) is 9.06. The number of para-hydroxylation sites is 1. The molecule has 0 radical (unpaired) electrons. The van der Waals surface area contributed by atoms with E-state index in [-0.39, 0.29) is 17.7 Å². The molecule has 0 saturated heterocycles. The molecule has 1 aliphatic rings. The molecule has 2 aromatic rings. The summed E-state index contributed by atoms with van der Waals surface area (Å²) in [6.07, 6.45) is 2.12. The molecule has 5 heteroatoms. The Hall–Kier alpha value is -2.82. The van der Waals surface area contributed by atoms with Crippen LogP contribution in [0.5, 0.6) is 0 Å². The third-order valence-corrected chi connectivity index (χ3v) is 4.48. The van der Waals surface area contributed by atoms with Gasteiger partial charge >= 0.3 is 0 Å². The minimum atomic E-state index is -0.0904.